The van der Waals surface area contributed by atoms with Gasteiger partial charge in [0.15, 0.2) is 0 Å². The van der Waals surface area contributed by atoms with E-state index in [-0.39, 0.29) is 17.8 Å². The van der Waals surface area contributed by atoms with Crippen molar-refractivity contribution in [1.82, 2.24) is 0 Å². The number of hydrogen-bond acceptors (Lipinski definition) is 6. The van der Waals surface area contributed by atoms with Crippen LogP contribution in [0.2, 0.25) is 0 Å². The fraction of sp³-hybridized carbons (Fsp3) is 0.875. The summed E-state index contributed by atoms with van der Waals surface area (Å²) in [7, 11) is 1.40. The number of unbranched alkanes of at least 4 members (excludes halogenated alkanes) is 3. The minimum absolute atomic E-state index is 0.0400. The first-order valence-corrected chi connectivity index (χ1v) is 13.0. The zero-order chi connectivity index (χ0) is 22.0. The van der Waals surface area contributed by atoms with Gasteiger partial charge in [-0.25, -0.2) is 0 Å². The summed E-state index contributed by atoms with van der Waals surface area (Å²) in [5.74, 6) is 1.54. The predicted molar refractivity (Wildman–Crippen MR) is 122 cm³/mol. The number of aliphatic hydroxyl groups excluding tert-OH is 2. The number of aliphatic hydroxyl groups is 3. The Hall–Kier alpha value is -0.560. The standard InChI is InChI=1S/C24H42O5S/c1-3-4-6-13-24(28,18-11-12-18)14-8-10-20-19(21(25)16-22(20)26)9-5-7-15-30-17-23(27)29-2/h8,10,18-22,25-26,28H,3-7,9,11-17H2,1-2H3/t19-,20-,21-,22-,24?/m1/s1. The molecule has 3 N–H and O–H groups in total. The predicted octanol–water partition coefficient (Wildman–Crippen LogP) is 4.09. The summed E-state index contributed by atoms with van der Waals surface area (Å²) in [4.78, 5) is 11.1. The van der Waals surface area contributed by atoms with Crippen LogP contribution in [-0.2, 0) is 9.53 Å². The molecule has 0 bridgehead atoms. The summed E-state index contributed by atoms with van der Waals surface area (Å²) >= 11 is 1.58. The van der Waals surface area contributed by atoms with E-state index in [1.165, 1.54) is 7.11 Å². The average molecular weight is 443 g/mol. The van der Waals surface area contributed by atoms with Crippen molar-refractivity contribution in [3.8, 4) is 0 Å². The molecule has 0 heterocycles. The fourth-order valence-electron chi connectivity index (χ4n) is 4.78. The van der Waals surface area contributed by atoms with E-state index in [0.29, 0.717) is 24.5 Å². The van der Waals surface area contributed by atoms with Crippen LogP contribution in [0, 0.1) is 17.8 Å². The third-order valence-electron chi connectivity index (χ3n) is 6.82. The molecule has 0 amide bonds. The van der Waals surface area contributed by atoms with E-state index in [1.54, 1.807) is 11.8 Å². The van der Waals surface area contributed by atoms with E-state index < -0.39 is 17.8 Å². The summed E-state index contributed by atoms with van der Waals surface area (Å²) < 4.78 is 4.64. The molecule has 0 aromatic carbocycles. The van der Waals surface area contributed by atoms with Gasteiger partial charge in [-0.05, 0) is 56.1 Å². The largest absolute Gasteiger partial charge is 0.468 e. The van der Waals surface area contributed by atoms with Gasteiger partial charge in [0, 0.05) is 12.3 Å². The van der Waals surface area contributed by atoms with Gasteiger partial charge in [0.25, 0.3) is 0 Å². The van der Waals surface area contributed by atoms with Gasteiger partial charge < -0.3 is 20.1 Å². The zero-order valence-corrected chi connectivity index (χ0v) is 19.6. The molecular formula is C24H42O5S. The Morgan fingerprint density at radius 3 is 2.60 bits per heavy atom. The highest BCUT2D eigenvalue weighted by molar-refractivity contribution is 7.99. The van der Waals surface area contributed by atoms with E-state index in [2.05, 4.69) is 23.8 Å². The summed E-state index contributed by atoms with van der Waals surface area (Å²) in [6, 6.07) is 0. The van der Waals surface area contributed by atoms with Gasteiger partial charge in [0.2, 0.25) is 0 Å². The lowest BCUT2D eigenvalue weighted by Gasteiger charge is -2.27. The van der Waals surface area contributed by atoms with Crippen LogP contribution in [0.1, 0.15) is 77.6 Å². The van der Waals surface area contributed by atoms with Gasteiger partial charge in [0.1, 0.15) is 0 Å². The highest BCUT2D eigenvalue weighted by Gasteiger charge is 2.43. The summed E-state index contributed by atoms with van der Waals surface area (Å²) in [6.07, 6.45) is 13.5. The summed E-state index contributed by atoms with van der Waals surface area (Å²) in [5, 5.41) is 32.0. The number of ether oxygens (including phenoxy) is 1. The van der Waals surface area contributed by atoms with E-state index >= 15 is 0 Å². The SMILES string of the molecule is CCCCCC(O)(CC=C[C@@H]1[C@@H](CCCCSCC(=O)OC)[C@H](O)C[C@H]1O)C1CC1. The van der Waals surface area contributed by atoms with Crippen molar-refractivity contribution in [1.29, 1.82) is 0 Å². The summed E-state index contributed by atoms with van der Waals surface area (Å²) in [6.45, 7) is 2.18. The van der Waals surface area contributed by atoms with Crippen LogP contribution < -0.4 is 0 Å². The van der Waals surface area contributed by atoms with Crippen molar-refractivity contribution in [2.75, 3.05) is 18.6 Å². The molecule has 0 aliphatic heterocycles. The lowest BCUT2D eigenvalue weighted by Crippen LogP contribution is -2.30. The van der Waals surface area contributed by atoms with Crippen molar-refractivity contribution in [3.63, 3.8) is 0 Å². The monoisotopic (exact) mass is 442 g/mol. The van der Waals surface area contributed by atoms with E-state index in [4.69, 9.17) is 0 Å². The van der Waals surface area contributed by atoms with Gasteiger partial charge >= 0.3 is 5.97 Å². The van der Waals surface area contributed by atoms with Crippen LogP contribution in [-0.4, -0.2) is 57.7 Å². The number of thioether (sulfide) groups is 1. The Bertz CT molecular complexity index is 536. The number of rotatable bonds is 15. The van der Waals surface area contributed by atoms with Gasteiger partial charge in [-0.3, -0.25) is 4.79 Å². The Morgan fingerprint density at radius 1 is 1.17 bits per heavy atom. The molecule has 2 aliphatic carbocycles. The lowest BCUT2D eigenvalue weighted by atomic mass is 9.85. The second-order valence-electron chi connectivity index (χ2n) is 9.20. The molecule has 2 rings (SSSR count). The second kappa shape index (κ2) is 13.1. The maximum absolute atomic E-state index is 11.1. The first kappa shape index (κ1) is 25.7. The average Bonchev–Trinajstić information content (AvgIpc) is 3.53. The minimum Gasteiger partial charge on any atom is -0.468 e. The van der Waals surface area contributed by atoms with Crippen molar-refractivity contribution in [2.24, 2.45) is 17.8 Å². The first-order chi connectivity index (χ1) is 14.4. The maximum Gasteiger partial charge on any atom is 0.315 e. The van der Waals surface area contributed by atoms with Crippen LogP contribution in [0.3, 0.4) is 0 Å². The zero-order valence-electron chi connectivity index (χ0n) is 18.8. The molecule has 6 heteroatoms. The molecule has 2 aliphatic rings. The fourth-order valence-corrected chi connectivity index (χ4v) is 5.62. The molecule has 2 saturated carbocycles. The first-order valence-electron chi connectivity index (χ1n) is 11.8. The molecule has 0 radical (unpaired) electrons. The smallest absolute Gasteiger partial charge is 0.315 e. The molecular weight excluding hydrogens is 400 g/mol. The van der Waals surface area contributed by atoms with Crippen molar-refractivity contribution in [2.45, 2.75) is 95.4 Å². The number of carbonyl (C=O) groups is 1. The number of hydrogen-bond donors (Lipinski definition) is 3. The Labute approximate surface area is 186 Å². The Morgan fingerprint density at radius 2 is 1.93 bits per heavy atom. The van der Waals surface area contributed by atoms with E-state index in [9.17, 15) is 20.1 Å². The van der Waals surface area contributed by atoms with Crippen molar-refractivity contribution < 1.29 is 24.9 Å². The Balaban J connectivity index is 1.79. The van der Waals surface area contributed by atoms with Gasteiger partial charge in [0.05, 0.1) is 30.7 Å². The molecule has 30 heavy (non-hydrogen) atoms. The molecule has 2 fully saturated rings. The van der Waals surface area contributed by atoms with Gasteiger partial charge in [-0.1, -0.05) is 44.8 Å². The third kappa shape index (κ3) is 8.18. The van der Waals surface area contributed by atoms with Gasteiger partial charge in [-0.2, -0.15) is 11.8 Å². The number of carbonyl (C=O) groups excluding carboxylic acids is 1. The van der Waals surface area contributed by atoms with E-state index in [1.807, 2.05) is 0 Å². The maximum atomic E-state index is 11.1. The topological polar surface area (TPSA) is 87.0 Å². The highest BCUT2D eigenvalue weighted by Crippen LogP contribution is 2.45. The van der Waals surface area contributed by atoms with Gasteiger partial charge in [-0.15, -0.1) is 0 Å². The normalized spacial score (nSPS) is 28.7. The van der Waals surface area contributed by atoms with Crippen LogP contribution in [0.15, 0.2) is 12.2 Å². The molecule has 0 aromatic heterocycles. The minimum atomic E-state index is -0.597. The van der Waals surface area contributed by atoms with Crippen LogP contribution in [0.5, 0.6) is 0 Å². The second-order valence-corrected chi connectivity index (χ2v) is 10.3. The molecule has 0 spiro atoms. The van der Waals surface area contributed by atoms with Crippen molar-refractivity contribution in [3.05, 3.63) is 12.2 Å². The van der Waals surface area contributed by atoms with Crippen molar-refractivity contribution >= 4 is 17.7 Å². The van der Waals surface area contributed by atoms with Crippen LogP contribution in [0.25, 0.3) is 0 Å². The molecule has 5 nitrogen and oxygen atoms in total. The molecule has 174 valence electrons. The van der Waals surface area contributed by atoms with E-state index in [0.717, 1.165) is 63.5 Å². The lowest BCUT2D eigenvalue weighted by molar-refractivity contribution is -0.137. The molecule has 0 saturated heterocycles. The van der Waals surface area contributed by atoms with Crippen LogP contribution in [0.4, 0.5) is 0 Å². The molecule has 0 aromatic rings. The molecule has 5 atom stereocenters. The third-order valence-corrected chi connectivity index (χ3v) is 7.84. The highest BCUT2D eigenvalue weighted by atomic mass is 32.2. The van der Waals surface area contributed by atoms with Crippen LogP contribution >= 0.6 is 11.8 Å². The number of methoxy groups -OCH3 is 1. The summed E-state index contributed by atoms with van der Waals surface area (Å²) in [5.41, 5.74) is -0.597. The number of esters is 1. The Kier molecular flexibility index (Phi) is 11.2. The quantitative estimate of drug-likeness (QED) is 0.201. The molecule has 1 unspecified atom stereocenters.